The Labute approximate surface area is 116 Å². The molecule has 5 heteroatoms. The molecule has 0 saturated carbocycles. The van der Waals surface area contributed by atoms with Gasteiger partial charge >= 0.3 is 0 Å². The Balaban J connectivity index is 4.38. The van der Waals surface area contributed by atoms with E-state index < -0.39 is 12.1 Å². The Morgan fingerprint density at radius 1 is 1.11 bits per heavy atom. The van der Waals surface area contributed by atoms with E-state index in [4.69, 9.17) is 5.73 Å². The van der Waals surface area contributed by atoms with E-state index in [2.05, 4.69) is 17.6 Å². The van der Waals surface area contributed by atoms with Gasteiger partial charge in [0, 0.05) is 6.54 Å². The SMILES string of the molecule is CCCCNC(=O)[C@H](CCC)NC(=O)[C@@H](N)C(C)C. The van der Waals surface area contributed by atoms with Crippen LogP contribution in [0.1, 0.15) is 53.4 Å². The summed E-state index contributed by atoms with van der Waals surface area (Å²) in [6, 6.07) is -1.04. The standard InChI is InChI=1S/C14H29N3O2/c1-5-7-9-16-13(18)11(8-6-2)17-14(19)12(15)10(3)4/h10-12H,5-9,15H2,1-4H3,(H,16,18)(H,17,19)/t11-,12-/m0/s1. The largest absolute Gasteiger partial charge is 0.354 e. The molecule has 0 aliphatic carbocycles. The number of hydrogen-bond acceptors (Lipinski definition) is 3. The van der Waals surface area contributed by atoms with Crippen molar-refractivity contribution in [2.75, 3.05) is 6.54 Å². The summed E-state index contributed by atoms with van der Waals surface area (Å²) in [6.45, 7) is 8.49. The average molecular weight is 271 g/mol. The maximum atomic E-state index is 12.0. The van der Waals surface area contributed by atoms with Gasteiger partial charge in [-0.2, -0.15) is 0 Å². The number of nitrogens with two attached hydrogens (primary N) is 1. The molecule has 0 aliphatic heterocycles. The van der Waals surface area contributed by atoms with E-state index in [0.717, 1.165) is 19.3 Å². The van der Waals surface area contributed by atoms with Crippen LogP contribution in [0, 0.1) is 5.92 Å². The Morgan fingerprint density at radius 2 is 1.74 bits per heavy atom. The van der Waals surface area contributed by atoms with Crippen LogP contribution in [0.3, 0.4) is 0 Å². The molecule has 0 radical (unpaired) electrons. The molecule has 0 saturated heterocycles. The van der Waals surface area contributed by atoms with Crippen LogP contribution >= 0.6 is 0 Å². The van der Waals surface area contributed by atoms with Crippen molar-refractivity contribution in [2.24, 2.45) is 11.7 Å². The quantitative estimate of drug-likeness (QED) is 0.550. The zero-order valence-electron chi connectivity index (χ0n) is 12.7. The summed E-state index contributed by atoms with van der Waals surface area (Å²) in [7, 11) is 0. The maximum absolute atomic E-state index is 12.0. The number of carbonyl (C=O) groups is 2. The van der Waals surface area contributed by atoms with Crippen molar-refractivity contribution >= 4 is 11.8 Å². The third kappa shape index (κ3) is 7.15. The topological polar surface area (TPSA) is 84.2 Å². The number of carbonyl (C=O) groups excluding carboxylic acids is 2. The van der Waals surface area contributed by atoms with Crippen LogP contribution in [0.15, 0.2) is 0 Å². The lowest BCUT2D eigenvalue weighted by atomic mass is 10.0. The first kappa shape index (κ1) is 17.9. The fourth-order valence-electron chi connectivity index (χ4n) is 1.64. The highest BCUT2D eigenvalue weighted by molar-refractivity contribution is 5.89. The molecule has 112 valence electrons. The zero-order chi connectivity index (χ0) is 14.8. The summed E-state index contributed by atoms with van der Waals surface area (Å²) in [5.74, 6) is -0.302. The van der Waals surface area contributed by atoms with Crippen LogP contribution in [0.2, 0.25) is 0 Å². The molecule has 19 heavy (non-hydrogen) atoms. The molecule has 0 aromatic carbocycles. The first-order valence-electron chi connectivity index (χ1n) is 7.27. The molecule has 4 N–H and O–H groups in total. The third-order valence-corrected chi connectivity index (χ3v) is 3.06. The lowest BCUT2D eigenvalue weighted by Gasteiger charge is -2.21. The fourth-order valence-corrected chi connectivity index (χ4v) is 1.64. The lowest BCUT2D eigenvalue weighted by molar-refractivity contribution is -0.130. The molecule has 0 aliphatic rings. The monoisotopic (exact) mass is 271 g/mol. The molecular formula is C14H29N3O2. The molecule has 0 fully saturated rings. The molecule has 2 atom stereocenters. The van der Waals surface area contributed by atoms with Gasteiger partial charge in [-0.15, -0.1) is 0 Å². The summed E-state index contributed by atoms with van der Waals surface area (Å²) in [5.41, 5.74) is 5.78. The van der Waals surface area contributed by atoms with Gasteiger partial charge in [0.1, 0.15) is 6.04 Å². The van der Waals surface area contributed by atoms with Gasteiger partial charge in [-0.05, 0) is 18.8 Å². The minimum atomic E-state index is -0.567. The second-order valence-corrected chi connectivity index (χ2v) is 5.26. The minimum Gasteiger partial charge on any atom is -0.354 e. The van der Waals surface area contributed by atoms with Gasteiger partial charge in [0.2, 0.25) is 11.8 Å². The van der Waals surface area contributed by atoms with E-state index in [9.17, 15) is 9.59 Å². The van der Waals surface area contributed by atoms with Gasteiger partial charge < -0.3 is 16.4 Å². The Morgan fingerprint density at radius 3 is 2.21 bits per heavy atom. The van der Waals surface area contributed by atoms with Gasteiger partial charge in [-0.1, -0.05) is 40.5 Å². The van der Waals surface area contributed by atoms with Gasteiger partial charge in [-0.3, -0.25) is 9.59 Å². The molecule has 0 aromatic heterocycles. The molecule has 0 unspecified atom stereocenters. The van der Waals surface area contributed by atoms with E-state index >= 15 is 0 Å². The van der Waals surface area contributed by atoms with Crippen LogP contribution in [0.25, 0.3) is 0 Å². The highest BCUT2D eigenvalue weighted by Crippen LogP contribution is 2.02. The van der Waals surface area contributed by atoms with Crippen molar-refractivity contribution < 1.29 is 9.59 Å². The Hall–Kier alpha value is -1.10. The van der Waals surface area contributed by atoms with E-state index in [1.165, 1.54) is 0 Å². The molecule has 0 aromatic rings. The normalized spacial score (nSPS) is 14.0. The van der Waals surface area contributed by atoms with Crippen molar-refractivity contribution in [1.29, 1.82) is 0 Å². The maximum Gasteiger partial charge on any atom is 0.242 e. The van der Waals surface area contributed by atoms with Gasteiger partial charge in [0.05, 0.1) is 6.04 Å². The summed E-state index contributed by atoms with van der Waals surface area (Å²) >= 11 is 0. The van der Waals surface area contributed by atoms with Crippen molar-refractivity contribution in [3.8, 4) is 0 Å². The van der Waals surface area contributed by atoms with E-state index in [-0.39, 0.29) is 17.7 Å². The molecule has 0 bridgehead atoms. The lowest BCUT2D eigenvalue weighted by Crippen LogP contribution is -2.53. The van der Waals surface area contributed by atoms with Gasteiger partial charge in [0.15, 0.2) is 0 Å². The van der Waals surface area contributed by atoms with Crippen molar-refractivity contribution in [2.45, 2.75) is 65.5 Å². The van der Waals surface area contributed by atoms with Crippen molar-refractivity contribution in [3.05, 3.63) is 0 Å². The average Bonchev–Trinajstić information content (AvgIpc) is 2.37. The molecule has 0 heterocycles. The van der Waals surface area contributed by atoms with E-state index in [0.29, 0.717) is 13.0 Å². The van der Waals surface area contributed by atoms with Crippen LogP contribution < -0.4 is 16.4 Å². The predicted molar refractivity (Wildman–Crippen MR) is 77.6 cm³/mol. The van der Waals surface area contributed by atoms with E-state index in [1.54, 1.807) is 0 Å². The number of unbranched alkanes of at least 4 members (excludes halogenated alkanes) is 1. The first-order chi connectivity index (χ1) is 8.93. The molecular weight excluding hydrogens is 242 g/mol. The highest BCUT2D eigenvalue weighted by atomic mass is 16.2. The van der Waals surface area contributed by atoms with Crippen LogP contribution in [0.4, 0.5) is 0 Å². The third-order valence-electron chi connectivity index (χ3n) is 3.06. The first-order valence-corrected chi connectivity index (χ1v) is 7.27. The number of rotatable bonds is 9. The highest BCUT2D eigenvalue weighted by Gasteiger charge is 2.24. The van der Waals surface area contributed by atoms with Crippen LogP contribution in [-0.4, -0.2) is 30.4 Å². The van der Waals surface area contributed by atoms with E-state index in [1.807, 2.05) is 20.8 Å². The van der Waals surface area contributed by atoms with Gasteiger partial charge in [-0.25, -0.2) is 0 Å². The summed E-state index contributed by atoms with van der Waals surface area (Å²) in [5, 5.41) is 5.60. The fraction of sp³-hybridized carbons (Fsp3) is 0.857. The van der Waals surface area contributed by atoms with Crippen LogP contribution in [0.5, 0.6) is 0 Å². The van der Waals surface area contributed by atoms with Gasteiger partial charge in [0.25, 0.3) is 0 Å². The van der Waals surface area contributed by atoms with Crippen molar-refractivity contribution in [3.63, 3.8) is 0 Å². The Kier molecular flexibility index (Phi) is 9.21. The number of hydrogen-bond donors (Lipinski definition) is 3. The smallest absolute Gasteiger partial charge is 0.242 e. The summed E-state index contributed by atoms with van der Waals surface area (Å²) < 4.78 is 0. The van der Waals surface area contributed by atoms with Crippen molar-refractivity contribution in [1.82, 2.24) is 10.6 Å². The summed E-state index contributed by atoms with van der Waals surface area (Å²) in [4.78, 5) is 23.9. The molecule has 5 nitrogen and oxygen atoms in total. The molecule has 0 spiro atoms. The van der Waals surface area contributed by atoms with Crippen LogP contribution in [-0.2, 0) is 9.59 Å². The molecule has 0 rings (SSSR count). The second-order valence-electron chi connectivity index (χ2n) is 5.26. The number of amides is 2. The summed E-state index contributed by atoms with van der Waals surface area (Å²) in [6.07, 6.45) is 3.45. The molecule has 2 amide bonds. The minimum absolute atomic E-state index is 0.0606. The zero-order valence-corrected chi connectivity index (χ0v) is 12.7. The predicted octanol–water partition coefficient (Wildman–Crippen LogP) is 1.17. The second kappa shape index (κ2) is 9.78. The number of nitrogens with one attached hydrogen (secondary N) is 2. The Bertz CT molecular complexity index is 280.